The molecule has 0 radical (unpaired) electrons. The standard InChI is InChI=1S/C21H34N6.HI/c1-17-9-5-6-15-27(17)16-8-14-24-21(22-2)23-13-7-12-20-25-18-10-3-4-11-19(18)26-20;/h3-4,10-11,17H,5-9,12-16H2,1-2H3,(H,25,26)(H2,22,23,24);1H. The monoisotopic (exact) mass is 498 g/mol. The molecule has 1 saturated heterocycles. The molecule has 0 bridgehead atoms. The first-order valence-corrected chi connectivity index (χ1v) is 10.4. The Morgan fingerprint density at radius 2 is 2.00 bits per heavy atom. The van der Waals surface area contributed by atoms with Crippen LogP contribution in [0.3, 0.4) is 0 Å². The molecule has 1 aliphatic rings. The van der Waals surface area contributed by atoms with E-state index in [-0.39, 0.29) is 24.0 Å². The number of hydrogen-bond donors (Lipinski definition) is 3. The molecule has 28 heavy (non-hydrogen) atoms. The summed E-state index contributed by atoms with van der Waals surface area (Å²) in [6, 6.07) is 8.92. The smallest absolute Gasteiger partial charge is 0.190 e. The van der Waals surface area contributed by atoms with Crippen molar-refractivity contribution in [1.82, 2.24) is 25.5 Å². The maximum absolute atomic E-state index is 4.63. The number of guanidine groups is 1. The number of aliphatic imine (C=N–C) groups is 1. The predicted molar refractivity (Wildman–Crippen MR) is 129 cm³/mol. The summed E-state index contributed by atoms with van der Waals surface area (Å²) >= 11 is 0. The first-order chi connectivity index (χ1) is 13.3. The Morgan fingerprint density at radius 3 is 2.75 bits per heavy atom. The van der Waals surface area contributed by atoms with E-state index in [1.807, 2.05) is 25.2 Å². The van der Waals surface area contributed by atoms with E-state index < -0.39 is 0 Å². The number of para-hydroxylation sites is 2. The second-order valence-corrected chi connectivity index (χ2v) is 7.46. The number of nitrogens with one attached hydrogen (secondary N) is 3. The minimum Gasteiger partial charge on any atom is -0.356 e. The van der Waals surface area contributed by atoms with E-state index in [0.717, 1.165) is 61.2 Å². The van der Waals surface area contributed by atoms with Crippen LogP contribution in [0.5, 0.6) is 0 Å². The minimum absolute atomic E-state index is 0. The Kier molecular flexibility index (Phi) is 10.0. The van der Waals surface area contributed by atoms with Crippen LogP contribution in [0.2, 0.25) is 0 Å². The number of aryl methyl sites for hydroxylation is 1. The molecule has 7 heteroatoms. The van der Waals surface area contributed by atoms with Crippen LogP contribution in [0.25, 0.3) is 11.0 Å². The predicted octanol–water partition coefficient (Wildman–Crippen LogP) is 3.54. The molecule has 6 nitrogen and oxygen atoms in total. The Balaban J connectivity index is 0.00000280. The molecule has 2 aromatic rings. The third-order valence-corrected chi connectivity index (χ3v) is 5.40. The Hall–Kier alpha value is -1.35. The lowest BCUT2D eigenvalue weighted by Crippen LogP contribution is -2.41. The molecule has 1 aromatic carbocycles. The van der Waals surface area contributed by atoms with Gasteiger partial charge in [0.2, 0.25) is 0 Å². The largest absolute Gasteiger partial charge is 0.356 e. The number of halogens is 1. The molecule has 3 rings (SSSR count). The highest BCUT2D eigenvalue weighted by atomic mass is 127. The molecule has 1 unspecified atom stereocenters. The fourth-order valence-electron chi connectivity index (χ4n) is 3.79. The summed E-state index contributed by atoms with van der Waals surface area (Å²) in [6.45, 7) is 6.65. The fraction of sp³-hybridized carbons (Fsp3) is 0.619. The second-order valence-electron chi connectivity index (χ2n) is 7.46. The normalized spacial score (nSPS) is 18.1. The number of likely N-dealkylation sites (tertiary alicyclic amines) is 1. The molecule has 0 saturated carbocycles. The zero-order chi connectivity index (χ0) is 18.9. The molecular weight excluding hydrogens is 463 g/mol. The van der Waals surface area contributed by atoms with E-state index in [9.17, 15) is 0 Å². The van der Waals surface area contributed by atoms with E-state index in [2.05, 4.69) is 43.5 Å². The topological polar surface area (TPSA) is 68.3 Å². The highest BCUT2D eigenvalue weighted by molar-refractivity contribution is 14.0. The van der Waals surface area contributed by atoms with E-state index >= 15 is 0 Å². The van der Waals surface area contributed by atoms with Gasteiger partial charge >= 0.3 is 0 Å². The van der Waals surface area contributed by atoms with E-state index in [4.69, 9.17) is 0 Å². The van der Waals surface area contributed by atoms with E-state index in [1.165, 1.54) is 32.4 Å². The average Bonchev–Trinajstić information content (AvgIpc) is 3.11. The molecule has 0 amide bonds. The minimum atomic E-state index is 0. The number of nitrogens with zero attached hydrogens (tertiary/aromatic N) is 3. The summed E-state index contributed by atoms with van der Waals surface area (Å²) in [5, 5.41) is 6.84. The number of H-pyrrole nitrogens is 1. The average molecular weight is 498 g/mol. The number of aromatic amines is 1. The van der Waals surface area contributed by atoms with Crippen LogP contribution in [0.15, 0.2) is 29.3 Å². The van der Waals surface area contributed by atoms with E-state index in [1.54, 1.807) is 0 Å². The molecule has 3 N–H and O–H groups in total. The van der Waals surface area contributed by atoms with Gasteiger partial charge in [0, 0.05) is 39.1 Å². The number of rotatable bonds is 8. The van der Waals surface area contributed by atoms with Crippen molar-refractivity contribution in [3.8, 4) is 0 Å². The zero-order valence-corrected chi connectivity index (χ0v) is 19.5. The number of piperidine rings is 1. The van der Waals surface area contributed by atoms with Gasteiger partial charge in [0.05, 0.1) is 11.0 Å². The maximum Gasteiger partial charge on any atom is 0.190 e. The Labute approximate surface area is 186 Å². The van der Waals surface area contributed by atoms with Crippen molar-refractivity contribution in [1.29, 1.82) is 0 Å². The van der Waals surface area contributed by atoms with E-state index in [0.29, 0.717) is 0 Å². The van der Waals surface area contributed by atoms with Gasteiger partial charge < -0.3 is 20.5 Å². The van der Waals surface area contributed by atoms with Crippen LogP contribution in [0, 0.1) is 0 Å². The lowest BCUT2D eigenvalue weighted by Gasteiger charge is -2.33. The summed E-state index contributed by atoms with van der Waals surface area (Å²) in [6.07, 6.45) is 7.20. The van der Waals surface area contributed by atoms with Crippen molar-refractivity contribution >= 4 is 41.0 Å². The van der Waals surface area contributed by atoms with Gasteiger partial charge in [-0.15, -0.1) is 24.0 Å². The third kappa shape index (κ3) is 6.92. The van der Waals surface area contributed by atoms with Crippen LogP contribution in [0.4, 0.5) is 0 Å². The first-order valence-electron chi connectivity index (χ1n) is 10.4. The Morgan fingerprint density at radius 1 is 1.21 bits per heavy atom. The van der Waals surface area contributed by atoms with Crippen molar-refractivity contribution in [2.75, 3.05) is 33.2 Å². The van der Waals surface area contributed by atoms with Crippen molar-refractivity contribution in [2.45, 2.75) is 51.5 Å². The molecular formula is C21H35IN6. The van der Waals surface area contributed by atoms with Gasteiger partial charge in [0.25, 0.3) is 0 Å². The van der Waals surface area contributed by atoms with Gasteiger partial charge in [-0.2, -0.15) is 0 Å². The number of aromatic nitrogens is 2. The molecule has 2 heterocycles. The lowest BCUT2D eigenvalue weighted by molar-refractivity contribution is 0.159. The molecule has 1 aromatic heterocycles. The van der Waals surface area contributed by atoms with Crippen LogP contribution in [-0.2, 0) is 6.42 Å². The van der Waals surface area contributed by atoms with Crippen LogP contribution >= 0.6 is 24.0 Å². The zero-order valence-electron chi connectivity index (χ0n) is 17.2. The van der Waals surface area contributed by atoms with Crippen LogP contribution < -0.4 is 10.6 Å². The maximum atomic E-state index is 4.63. The molecule has 1 atom stereocenters. The SMILES string of the molecule is CN=C(NCCCc1nc2ccccc2[nH]1)NCCCN1CCCCC1C.I. The number of imidazole rings is 1. The number of hydrogen-bond acceptors (Lipinski definition) is 3. The highest BCUT2D eigenvalue weighted by Gasteiger charge is 2.17. The van der Waals surface area contributed by atoms with Crippen molar-refractivity contribution in [2.24, 2.45) is 4.99 Å². The van der Waals surface area contributed by atoms with Gasteiger partial charge in [-0.1, -0.05) is 18.6 Å². The Bertz CT molecular complexity index is 696. The van der Waals surface area contributed by atoms with Crippen molar-refractivity contribution < 1.29 is 0 Å². The van der Waals surface area contributed by atoms with Gasteiger partial charge in [-0.25, -0.2) is 4.98 Å². The third-order valence-electron chi connectivity index (χ3n) is 5.40. The van der Waals surface area contributed by atoms with Crippen LogP contribution in [0.1, 0.15) is 44.9 Å². The molecule has 1 fully saturated rings. The number of benzene rings is 1. The van der Waals surface area contributed by atoms with Gasteiger partial charge in [0.15, 0.2) is 5.96 Å². The van der Waals surface area contributed by atoms with Gasteiger partial charge in [-0.3, -0.25) is 4.99 Å². The summed E-state index contributed by atoms with van der Waals surface area (Å²) in [5.74, 6) is 1.95. The molecule has 1 aliphatic heterocycles. The summed E-state index contributed by atoms with van der Waals surface area (Å²) in [4.78, 5) is 15.0. The van der Waals surface area contributed by atoms with Crippen molar-refractivity contribution in [3.63, 3.8) is 0 Å². The summed E-state index contributed by atoms with van der Waals surface area (Å²) < 4.78 is 0. The lowest BCUT2D eigenvalue weighted by atomic mass is 10.0. The second kappa shape index (κ2) is 12.3. The van der Waals surface area contributed by atoms with Crippen molar-refractivity contribution in [3.05, 3.63) is 30.1 Å². The summed E-state index contributed by atoms with van der Waals surface area (Å²) in [7, 11) is 1.83. The van der Waals surface area contributed by atoms with Crippen LogP contribution in [-0.4, -0.2) is 60.1 Å². The molecule has 156 valence electrons. The molecule has 0 aliphatic carbocycles. The fourth-order valence-corrected chi connectivity index (χ4v) is 3.79. The van der Waals surface area contributed by atoms with Gasteiger partial charge in [0.1, 0.15) is 5.82 Å². The first kappa shape index (κ1) is 22.9. The highest BCUT2D eigenvalue weighted by Crippen LogP contribution is 2.16. The molecule has 0 spiro atoms. The summed E-state index contributed by atoms with van der Waals surface area (Å²) in [5.41, 5.74) is 2.15. The quantitative estimate of drug-likeness (QED) is 0.226. The number of fused-ring (bicyclic) bond motifs is 1. The van der Waals surface area contributed by atoms with Gasteiger partial charge in [-0.05, 0) is 51.3 Å².